The lowest BCUT2D eigenvalue weighted by Crippen LogP contribution is -2.44. The molecule has 0 aliphatic carbocycles. The summed E-state index contributed by atoms with van der Waals surface area (Å²) in [4.78, 5) is 29.9. The molecule has 27 heavy (non-hydrogen) atoms. The maximum atomic E-state index is 13.2. The summed E-state index contributed by atoms with van der Waals surface area (Å²) >= 11 is 0. The van der Waals surface area contributed by atoms with Gasteiger partial charge in [-0.2, -0.15) is 5.10 Å². The van der Waals surface area contributed by atoms with E-state index in [1.807, 2.05) is 30.0 Å². The SMILES string of the molecule is Cc1cc(CN(C)C(=O)[C@@H]2[C@@H]3C=C[C@@]4(CN(CCC(C)C)C(=O)[C@H]24)O3)n[nH]1. The highest BCUT2D eigenvalue weighted by molar-refractivity contribution is 5.93. The smallest absolute Gasteiger partial charge is 0.230 e. The van der Waals surface area contributed by atoms with Gasteiger partial charge in [0.25, 0.3) is 0 Å². The van der Waals surface area contributed by atoms with E-state index in [-0.39, 0.29) is 17.9 Å². The second-order valence-electron chi connectivity index (χ2n) is 8.58. The van der Waals surface area contributed by atoms with Gasteiger partial charge in [0.1, 0.15) is 5.60 Å². The lowest BCUT2D eigenvalue weighted by atomic mass is 9.76. The minimum Gasteiger partial charge on any atom is -0.360 e. The number of H-pyrrole nitrogens is 1. The third-order valence-electron chi connectivity index (χ3n) is 5.97. The Morgan fingerprint density at radius 1 is 1.52 bits per heavy atom. The summed E-state index contributed by atoms with van der Waals surface area (Å²) in [6.45, 7) is 7.93. The zero-order chi connectivity index (χ0) is 19.3. The quantitative estimate of drug-likeness (QED) is 0.768. The van der Waals surface area contributed by atoms with Gasteiger partial charge < -0.3 is 14.5 Å². The van der Waals surface area contributed by atoms with Gasteiger partial charge >= 0.3 is 0 Å². The largest absolute Gasteiger partial charge is 0.360 e. The third kappa shape index (κ3) is 2.98. The van der Waals surface area contributed by atoms with Crippen LogP contribution in [0.15, 0.2) is 18.2 Å². The van der Waals surface area contributed by atoms with Gasteiger partial charge in [-0.1, -0.05) is 26.0 Å². The van der Waals surface area contributed by atoms with Crippen molar-refractivity contribution in [2.75, 3.05) is 20.1 Å². The van der Waals surface area contributed by atoms with Gasteiger partial charge in [-0.05, 0) is 25.3 Å². The molecule has 2 amide bonds. The topological polar surface area (TPSA) is 78.5 Å². The van der Waals surface area contributed by atoms with Crippen LogP contribution in [0.3, 0.4) is 0 Å². The number of hydrogen-bond acceptors (Lipinski definition) is 4. The molecule has 4 rings (SSSR count). The van der Waals surface area contributed by atoms with Gasteiger partial charge in [0.05, 0.1) is 36.7 Å². The van der Waals surface area contributed by atoms with Crippen molar-refractivity contribution >= 4 is 11.8 Å². The van der Waals surface area contributed by atoms with Crippen molar-refractivity contribution in [1.29, 1.82) is 0 Å². The molecule has 1 N–H and O–H groups in total. The van der Waals surface area contributed by atoms with Crippen molar-refractivity contribution in [3.63, 3.8) is 0 Å². The van der Waals surface area contributed by atoms with E-state index in [0.29, 0.717) is 19.0 Å². The molecule has 0 unspecified atom stereocenters. The molecule has 0 radical (unpaired) electrons. The van der Waals surface area contributed by atoms with E-state index >= 15 is 0 Å². The number of nitrogens with one attached hydrogen (secondary N) is 1. The number of nitrogens with zero attached hydrogens (tertiary/aromatic N) is 3. The van der Waals surface area contributed by atoms with Crippen LogP contribution in [0.5, 0.6) is 0 Å². The Kier molecular flexibility index (Phi) is 4.37. The number of aromatic amines is 1. The molecule has 0 aromatic carbocycles. The fraction of sp³-hybridized carbons (Fsp3) is 0.650. The van der Waals surface area contributed by atoms with Crippen LogP contribution in [0.2, 0.25) is 0 Å². The Labute approximate surface area is 159 Å². The number of carbonyl (C=O) groups excluding carboxylic acids is 2. The lowest BCUT2D eigenvalue weighted by molar-refractivity contribution is -0.142. The van der Waals surface area contributed by atoms with Crippen molar-refractivity contribution in [2.24, 2.45) is 17.8 Å². The summed E-state index contributed by atoms with van der Waals surface area (Å²) in [5.74, 6) is -0.308. The van der Waals surface area contributed by atoms with Gasteiger partial charge in [-0.15, -0.1) is 0 Å². The van der Waals surface area contributed by atoms with Crippen molar-refractivity contribution < 1.29 is 14.3 Å². The molecule has 7 heteroatoms. The van der Waals surface area contributed by atoms with Crippen LogP contribution >= 0.6 is 0 Å². The highest BCUT2D eigenvalue weighted by atomic mass is 16.5. The number of hydrogen-bond donors (Lipinski definition) is 1. The molecule has 2 saturated heterocycles. The van der Waals surface area contributed by atoms with E-state index in [1.54, 1.807) is 11.9 Å². The van der Waals surface area contributed by atoms with Gasteiger partial charge in [0, 0.05) is 19.3 Å². The zero-order valence-corrected chi connectivity index (χ0v) is 16.4. The first-order valence-electron chi connectivity index (χ1n) is 9.72. The molecule has 3 aliphatic rings. The number of ether oxygens (including phenoxy) is 1. The summed E-state index contributed by atoms with van der Waals surface area (Å²) in [5, 5.41) is 7.10. The molecule has 146 valence electrons. The number of amides is 2. The first kappa shape index (κ1) is 18.2. The fourth-order valence-corrected chi connectivity index (χ4v) is 4.59. The summed E-state index contributed by atoms with van der Waals surface area (Å²) in [6.07, 6.45) is 4.63. The maximum absolute atomic E-state index is 13.2. The van der Waals surface area contributed by atoms with Gasteiger partial charge in [-0.25, -0.2) is 0 Å². The predicted octanol–water partition coefficient (Wildman–Crippen LogP) is 1.50. The number of aryl methyl sites for hydroxylation is 1. The molecular weight excluding hydrogens is 344 g/mol. The highest BCUT2D eigenvalue weighted by Crippen LogP contribution is 2.52. The van der Waals surface area contributed by atoms with Crippen molar-refractivity contribution in [3.05, 3.63) is 29.6 Å². The zero-order valence-electron chi connectivity index (χ0n) is 16.4. The summed E-state index contributed by atoms with van der Waals surface area (Å²) < 4.78 is 6.19. The summed E-state index contributed by atoms with van der Waals surface area (Å²) in [7, 11) is 1.77. The molecule has 1 aromatic heterocycles. The van der Waals surface area contributed by atoms with E-state index in [4.69, 9.17) is 4.74 Å². The number of rotatable bonds is 6. The maximum Gasteiger partial charge on any atom is 0.230 e. The van der Waals surface area contributed by atoms with Crippen LogP contribution < -0.4 is 0 Å². The minimum atomic E-state index is -0.622. The van der Waals surface area contributed by atoms with E-state index < -0.39 is 17.4 Å². The Morgan fingerprint density at radius 3 is 2.96 bits per heavy atom. The van der Waals surface area contributed by atoms with Crippen LogP contribution in [-0.4, -0.2) is 63.7 Å². The van der Waals surface area contributed by atoms with Gasteiger partial charge in [-0.3, -0.25) is 14.7 Å². The second-order valence-corrected chi connectivity index (χ2v) is 8.58. The van der Waals surface area contributed by atoms with E-state index in [9.17, 15) is 9.59 Å². The highest BCUT2D eigenvalue weighted by Gasteiger charge is 2.66. The van der Waals surface area contributed by atoms with Crippen LogP contribution in [0, 0.1) is 24.7 Å². The average Bonchev–Trinajstić information content (AvgIpc) is 3.34. The molecule has 7 nitrogen and oxygen atoms in total. The van der Waals surface area contributed by atoms with Crippen LogP contribution in [0.1, 0.15) is 31.7 Å². The standard InChI is InChI=1S/C20H28N4O3/c1-12(2)6-8-24-11-20-7-5-15(27-20)16(17(20)19(24)26)18(25)23(4)10-14-9-13(3)21-22-14/h5,7,9,12,15-17H,6,8,10-11H2,1-4H3,(H,21,22)/t15-,16+,17-,20-/m0/s1. The van der Waals surface area contributed by atoms with Crippen molar-refractivity contribution in [2.45, 2.75) is 45.4 Å². The van der Waals surface area contributed by atoms with Crippen LogP contribution in [0.4, 0.5) is 0 Å². The number of fused-ring (bicyclic) bond motifs is 1. The molecule has 0 saturated carbocycles. The Hall–Kier alpha value is -2.15. The third-order valence-corrected chi connectivity index (χ3v) is 5.97. The first-order chi connectivity index (χ1) is 12.8. The number of likely N-dealkylation sites (tertiary alicyclic amines) is 1. The van der Waals surface area contributed by atoms with E-state index in [0.717, 1.165) is 24.4 Å². The Bertz CT molecular complexity index is 786. The lowest BCUT2D eigenvalue weighted by Gasteiger charge is -2.27. The van der Waals surface area contributed by atoms with Gasteiger partial charge in [0.15, 0.2) is 0 Å². The minimum absolute atomic E-state index is 0.0454. The van der Waals surface area contributed by atoms with E-state index in [1.165, 1.54) is 0 Å². The summed E-state index contributed by atoms with van der Waals surface area (Å²) in [6, 6.07) is 1.93. The average molecular weight is 372 g/mol. The van der Waals surface area contributed by atoms with Crippen LogP contribution in [0.25, 0.3) is 0 Å². The molecule has 2 bridgehead atoms. The van der Waals surface area contributed by atoms with Crippen LogP contribution in [-0.2, 0) is 20.9 Å². The van der Waals surface area contributed by atoms with E-state index in [2.05, 4.69) is 24.0 Å². The first-order valence-corrected chi connectivity index (χ1v) is 9.72. The number of carbonyl (C=O) groups is 2. The Morgan fingerprint density at radius 2 is 2.30 bits per heavy atom. The molecule has 3 aliphatic heterocycles. The molecule has 4 heterocycles. The Balaban J connectivity index is 1.51. The van der Waals surface area contributed by atoms with Crippen molar-refractivity contribution in [1.82, 2.24) is 20.0 Å². The molecular formula is C20H28N4O3. The fourth-order valence-electron chi connectivity index (χ4n) is 4.59. The molecule has 1 aromatic rings. The van der Waals surface area contributed by atoms with Gasteiger partial charge in [0.2, 0.25) is 11.8 Å². The second kappa shape index (κ2) is 6.48. The molecule has 2 fully saturated rings. The molecule has 4 atom stereocenters. The normalized spacial score (nSPS) is 31.2. The monoisotopic (exact) mass is 372 g/mol. The number of aromatic nitrogens is 2. The summed E-state index contributed by atoms with van der Waals surface area (Å²) in [5.41, 5.74) is 1.15. The van der Waals surface area contributed by atoms with Crippen molar-refractivity contribution in [3.8, 4) is 0 Å². The predicted molar refractivity (Wildman–Crippen MR) is 99.6 cm³/mol. The molecule has 1 spiro atoms.